The molecule has 0 heterocycles. The summed E-state index contributed by atoms with van der Waals surface area (Å²) in [6.07, 6.45) is 2.78. The summed E-state index contributed by atoms with van der Waals surface area (Å²) in [6, 6.07) is 0. The van der Waals surface area contributed by atoms with Crippen LogP contribution in [0.1, 0.15) is 32.6 Å². The van der Waals surface area contributed by atoms with E-state index in [0.29, 0.717) is 32.5 Å². The Bertz CT molecular complexity index is 244. The smallest absolute Gasteiger partial charge is 0.222 e. The van der Waals surface area contributed by atoms with E-state index in [-0.39, 0.29) is 11.7 Å². The first kappa shape index (κ1) is 15.7. The van der Waals surface area contributed by atoms with Crippen molar-refractivity contribution >= 4 is 11.7 Å². The molecule has 0 aliphatic carbocycles. The van der Waals surface area contributed by atoms with Gasteiger partial charge in [-0.25, -0.2) is 0 Å². The molecule has 0 bridgehead atoms. The van der Waals surface area contributed by atoms with Gasteiger partial charge in [0.05, 0.1) is 6.61 Å². The molecule has 0 fully saturated rings. The summed E-state index contributed by atoms with van der Waals surface area (Å²) >= 11 is 0. The molecule has 17 heavy (non-hydrogen) atoms. The van der Waals surface area contributed by atoms with Crippen LogP contribution in [0.5, 0.6) is 0 Å². The third kappa shape index (κ3) is 7.57. The van der Waals surface area contributed by atoms with E-state index in [2.05, 4.69) is 5.16 Å². The van der Waals surface area contributed by atoms with E-state index in [1.54, 1.807) is 12.0 Å². The van der Waals surface area contributed by atoms with Crippen molar-refractivity contribution in [3.63, 3.8) is 0 Å². The molecule has 0 aliphatic heterocycles. The maximum atomic E-state index is 11.8. The molecule has 6 heteroatoms. The van der Waals surface area contributed by atoms with Crippen LogP contribution in [0, 0.1) is 0 Å². The fourth-order valence-corrected chi connectivity index (χ4v) is 1.35. The monoisotopic (exact) mass is 245 g/mol. The molecule has 6 nitrogen and oxygen atoms in total. The van der Waals surface area contributed by atoms with Gasteiger partial charge in [0.2, 0.25) is 5.91 Å². The van der Waals surface area contributed by atoms with Crippen LogP contribution in [0.2, 0.25) is 0 Å². The van der Waals surface area contributed by atoms with E-state index >= 15 is 0 Å². The Kier molecular flexibility index (Phi) is 9.14. The van der Waals surface area contributed by atoms with Crippen LogP contribution in [0.15, 0.2) is 5.16 Å². The minimum absolute atomic E-state index is 0.0923. The first-order valence-corrected chi connectivity index (χ1v) is 5.88. The van der Waals surface area contributed by atoms with Crippen molar-refractivity contribution in [2.24, 2.45) is 10.9 Å². The Morgan fingerprint density at radius 3 is 2.65 bits per heavy atom. The largest absolute Gasteiger partial charge is 0.409 e. The Balaban J connectivity index is 4.16. The lowest BCUT2D eigenvalue weighted by atomic mass is 10.2. The summed E-state index contributed by atoms with van der Waals surface area (Å²) in [6.45, 7) is 3.54. The van der Waals surface area contributed by atoms with Gasteiger partial charge in [-0.15, -0.1) is 0 Å². The number of hydrogen-bond donors (Lipinski definition) is 2. The molecule has 0 aromatic rings. The zero-order chi connectivity index (χ0) is 13.1. The molecule has 0 aromatic carbocycles. The van der Waals surface area contributed by atoms with Gasteiger partial charge in [-0.2, -0.15) is 0 Å². The van der Waals surface area contributed by atoms with Gasteiger partial charge in [0.15, 0.2) is 0 Å². The number of carbonyl (C=O) groups excluding carboxylic acids is 1. The zero-order valence-electron chi connectivity index (χ0n) is 10.7. The Labute approximate surface area is 102 Å². The molecule has 0 spiro atoms. The molecule has 0 saturated heterocycles. The summed E-state index contributed by atoms with van der Waals surface area (Å²) in [4.78, 5) is 13.5. The minimum Gasteiger partial charge on any atom is -0.409 e. The summed E-state index contributed by atoms with van der Waals surface area (Å²) in [5.74, 6) is 0.227. The van der Waals surface area contributed by atoms with E-state index < -0.39 is 0 Å². The first-order valence-electron chi connectivity index (χ1n) is 5.88. The first-order chi connectivity index (χ1) is 8.15. The predicted octanol–water partition coefficient (Wildman–Crippen LogP) is 0.788. The minimum atomic E-state index is 0.0923. The maximum absolute atomic E-state index is 11.8. The number of amides is 1. The van der Waals surface area contributed by atoms with Gasteiger partial charge in [0.1, 0.15) is 5.84 Å². The molecule has 0 atom stereocenters. The second-order valence-corrected chi connectivity index (χ2v) is 3.82. The zero-order valence-corrected chi connectivity index (χ0v) is 10.7. The van der Waals surface area contributed by atoms with Crippen LogP contribution in [0.25, 0.3) is 0 Å². The number of unbranched alkanes of at least 4 members (excludes halogenated alkanes) is 1. The van der Waals surface area contributed by atoms with Crippen molar-refractivity contribution in [3.05, 3.63) is 0 Å². The number of hydrogen-bond acceptors (Lipinski definition) is 4. The quantitative estimate of drug-likeness (QED) is 0.272. The number of ether oxygens (including phenoxy) is 1. The van der Waals surface area contributed by atoms with E-state index in [1.807, 2.05) is 6.92 Å². The van der Waals surface area contributed by atoms with Crippen LogP contribution >= 0.6 is 0 Å². The van der Waals surface area contributed by atoms with Crippen LogP contribution in [0.4, 0.5) is 0 Å². The van der Waals surface area contributed by atoms with E-state index in [0.717, 1.165) is 12.8 Å². The van der Waals surface area contributed by atoms with Gasteiger partial charge in [-0.3, -0.25) is 4.79 Å². The highest BCUT2D eigenvalue weighted by Gasteiger charge is 2.12. The summed E-state index contributed by atoms with van der Waals surface area (Å²) < 4.78 is 4.96. The SMILES string of the molecule is CCCCC(=O)N(CCOC)CCC(N)=NO. The van der Waals surface area contributed by atoms with Crippen LogP contribution in [-0.4, -0.2) is 48.7 Å². The molecule has 0 unspecified atom stereocenters. The maximum Gasteiger partial charge on any atom is 0.222 e. The van der Waals surface area contributed by atoms with Crippen molar-refractivity contribution < 1.29 is 14.7 Å². The topological polar surface area (TPSA) is 88.2 Å². The molecule has 3 N–H and O–H groups in total. The number of methoxy groups -OCH3 is 1. The number of nitrogens with two attached hydrogens (primary N) is 1. The highest BCUT2D eigenvalue weighted by molar-refractivity contribution is 5.81. The number of oxime groups is 1. The Morgan fingerprint density at radius 2 is 2.12 bits per heavy atom. The highest BCUT2D eigenvalue weighted by atomic mass is 16.5. The molecular formula is C11H23N3O3. The van der Waals surface area contributed by atoms with Crippen LogP contribution < -0.4 is 5.73 Å². The fourth-order valence-electron chi connectivity index (χ4n) is 1.35. The average Bonchev–Trinajstić information content (AvgIpc) is 2.35. The normalized spacial score (nSPS) is 11.5. The summed E-state index contributed by atoms with van der Waals surface area (Å²) in [5.41, 5.74) is 5.38. The van der Waals surface area contributed by atoms with Gasteiger partial charge in [-0.1, -0.05) is 18.5 Å². The van der Waals surface area contributed by atoms with E-state index in [9.17, 15) is 4.79 Å². The lowest BCUT2D eigenvalue weighted by Gasteiger charge is -2.22. The molecule has 0 rings (SSSR count). The number of carbonyl (C=O) groups is 1. The van der Waals surface area contributed by atoms with Crippen molar-refractivity contribution in [1.82, 2.24) is 4.90 Å². The molecule has 0 radical (unpaired) electrons. The Hall–Kier alpha value is -1.30. The van der Waals surface area contributed by atoms with Crippen molar-refractivity contribution in [1.29, 1.82) is 0 Å². The predicted molar refractivity (Wildman–Crippen MR) is 66.0 cm³/mol. The summed E-state index contributed by atoms with van der Waals surface area (Å²) in [5, 5.41) is 11.3. The van der Waals surface area contributed by atoms with Gasteiger partial charge in [0, 0.05) is 33.0 Å². The number of nitrogens with zero attached hydrogens (tertiary/aromatic N) is 2. The number of rotatable bonds is 9. The average molecular weight is 245 g/mol. The lowest BCUT2D eigenvalue weighted by molar-refractivity contribution is -0.131. The van der Waals surface area contributed by atoms with E-state index in [1.165, 1.54) is 0 Å². The fraction of sp³-hybridized carbons (Fsp3) is 0.818. The van der Waals surface area contributed by atoms with Gasteiger partial charge < -0.3 is 20.6 Å². The molecule has 100 valence electrons. The molecule has 0 aliphatic rings. The summed E-state index contributed by atoms with van der Waals surface area (Å²) in [7, 11) is 1.60. The van der Waals surface area contributed by atoms with Crippen molar-refractivity contribution in [2.75, 3.05) is 26.8 Å². The third-order valence-electron chi connectivity index (χ3n) is 2.43. The van der Waals surface area contributed by atoms with Crippen molar-refractivity contribution in [3.8, 4) is 0 Å². The molecule has 0 aromatic heterocycles. The number of amidine groups is 1. The van der Waals surface area contributed by atoms with Gasteiger partial charge in [0.25, 0.3) is 0 Å². The molecule has 1 amide bonds. The van der Waals surface area contributed by atoms with Gasteiger partial charge >= 0.3 is 0 Å². The second-order valence-electron chi connectivity index (χ2n) is 3.82. The second kappa shape index (κ2) is 9.89. The molecule has 0 saturated carbocycles. The van der Waals surface area contributed by atoms with Crippen LogP contribution in [0.3, 0.4) is 0 Å². The van der Waals surface area contributed by atoms with Crippen molar-refractivity contribution in [2.45, 2.75) is 32.6 Å². The highest BCUT2D eigenvalue weighted by Crippen LogP contribution is 2.02. The lowest BCUT2D eigenvalue weighted by Crippen LogP contribution is -2.36. The third-order valence-corrected chi connectivity index (χ3v) is 2.43. The Morgan fingerprint density at radius 1 is 1.41 bits per heavy atom. The van der Waals surface area contributed by atoms with Gasteiger partial charge in [-0.05, 0) is 6.42 Å². The van der Waals surface area contributed by atoms with E-state index in [4.69, 9.17) is 15.7 Å². The van der Waals surface area contributed by atoms with Crippen LogP contribution in [-0.2, 0) is 9.53 Å². The molecular weight excluding hydrogens is 222 g/mol. The standard InChI is InChI=1S/C11H23N3O3/c1-3-4-5-11(15)14(8-9-17-2)7-6-10(12)13-16/h16H,3-9H2,1-2H3,(H2,12,13).